The molecule has 2 atom stereocenters. The largest absolute Gasteiger partial charge is 0.495 e. The summed E-state index contributed by atoms with van der Waals surface area (Å²) in [5.41, 5.74) is 0.686. The predicted molar refractivity (Wildman–Crippen MR) is 171 cm³/mol. The van der Waals surface area contributed by atoms with Gasteiger partial charge in [0.2, 0.25) is 11.8 Å². The average molecular weight is 667 g/mol. The Morgan fingerprint density at radius 2 is 1.50 bits per heavy atom. The minimum Gasteiger partial charge on any atom is -0.495 e. The normalized spacial score (nSPS) is 12.5. The first-order valence-electron chi connectivity index (χ1n) is 13.8. The zero-order valence-corrected chi connectivity index (χ0v) is 27.8. The number of benzene rings is 3. The van der Waals surface area contributed by atoms with Crippen LogP contribution in [0.5, 0.6) is 17.2 Å². The Morgan fingerprint density at radius 3 is 2.11 bits per heavy atom. The molecule has 3 aromatic carbocycles. The van der Waals surface area contributed by atoms with Gasteiger partial charge in [0.05, 0.1) is 31.9 Å². The molecule has 3 rings (SSSR count). The minimum atomic E-state index is -4.45. The van der Waals surface area contributed by atoms with Crippen LogP contribution in [0.4, 0.5) is 5.69 Å². The molecule has 238 valence electrons. The molecule has 0 heterocycles. The Bertz CT molecular complexity index is 1590. The van der Waals surface area contributed by atoms with Crippen LogP contribution in [-0.4, -0.2) is 65.1 Å². The Labute approximate surface area is 268 Å². The fourth-order valence-corrected chi connectivity index (χ4v) is 6.17. The van der Waals surface area contributed by atoms with Crippen molar-refractivity contribution in [1.29, 1.82) is 0 Å². The number of anilines is 1. The van der Waals surface area contributed by atoms with E-state index in [9.17, 15) is 18.0 Å². The topological polar surface area (TPSA) is 114 Å². The number of nitrogens with one attached hydrogen (secondary N) is 1. The molecule has 44 heavy (non-hydrogen) atoms. The molecule has 0 aromatic heterocycles. The lowest BCUT2D eigenvalue weighted by molar-refractivity contribution is -0.139. The number of amides is 2. The van der Waals surface area contributed by atoms with Gasteiger partial charge in [-0.1, -0.05) is 42.3 Å². The first-order valence-corrected chi connectivity index (χ1v) is 16.0. The van der Waals surface area contributed by atoms with Crippen LogP contribution in [0.25, 0.3) is 0 Å². The smallest absolute Gasteiger partial charge is 0.265 e. The first kappa shape index (κ1) is 34.8. The second-order valence-electron chi connectivity index (χ2n) is 9.99. The van der Waals surface area contributed by atoms with Gasteiger partial charge in [-0.15, -0.1) is 0 Å². The molecule has 0 saturated carbocycles. The van der Waals surface area contributed by atoms with Crippen molar-refractivity contribution >= 4 is 50.7 Å². The summed E-state index contributed by atoms with van der Waals surface area (Å²) in [6.45, 7) is 4.68. The van der Waals surface area contributed by atoms with E-state index in [1.54, 1.807) is 37.3 Å². The van der Waals surface area contributed by atoms with Gasteiger partial charge in [0.15, 0.2) is 11.5 Å². The van der Waals surface area contributed by atoms with E-state index in [4.69, 9.17) is 37.4 Å². The van der Waals surface area contributed by atoms with Crippen molar-refractivity contribution < 1.29 is 32.2 Å². The molecule has 0 aliphatic rings. The first-order chi connectivity index (χ1) is 20.9. The molecule has 0 radical (unpaired) electrons. The van der Waals surface area contributed by atoms with Gasteiger partial charge in [-0.25, -0.2) is 8.42 Å². The third-order valence-electron chi connectivity index (χ3n) is 7.04. The van der Waals surface area contributed by atoms with E-state index in [1.165, 1.54) is 56.6 Å². The highest BCUT2D eigenvalue weighted by molar-refractivity contribution is 7.92. The number of ether oxygens (including phenoxy) is 3. The van der Waals surface area contributed by atoms with Gasteiger partial charge in [0.25, 0.3) is 10.0 Å². The Balaban J connectivity index is 2.15. The van der Waals surface area contributed by atoms with Crippen LogP contribution in [0.15, 0.2) is 65.6 Å². The third-order valence-corrected chi connectivity index (χ3v) is 9.27. The molecule has 0 spiro atoms. The SMILES string of the molecule is CCC(C)NC(=O)C(C)N(Cc1cccc(Cl)c1)C(=O)CN(c1cc(Cl)ccc1OC)S(=O)(=O)c1ccc(OC)c(OC)c1. The van der Waals surface area contributed by atoms with Gasteiger partial charge in [0.1, 0.15) is 18.3 Å². The summed E-state index contributed by atoms with van der Waals surface area (Å²) in [5, 5.41) is 3.57. The summed E-state index contributed by atoms with van der Waals surface area (Å²) >= 11 is 12.5. The van der Waals surface area contributed by atoms with Crippen molar-refractivity contribution in [2.45, 2.75) is 50.7 Å². The minimum absolute atomic E-state index is 0.00852. The van der Waals surface area contributed by atoms with Crippen LogP contribution in [-0.2, 0) is 26.2 Å². The van der Waals surface area contributed by atoms with Gasteiger partial charge in [0, 0.05) is 28.7 Å². The maximum atomic E-state index is 14.3. The number of halogens is 2. The van der Waals surface area contributed by atoms with Gasteiger partial charge in [-0.3, -0.25) is 13.9 Å². The highest BCUT2D eigenvalue weighted by Crippen LogP contribution is 2.37. The van der Waals surface area contributed by atoms with Crippen molar-refractivity contribution in [3.63, 3.8) is 0 Å². The van der Waals surface area contributed by atoms with Crippen molar-refractivity contribution in [3.8, 4) is 17.2 Å². The van der Waals surface area contributed by atoms with Crippen molar-refractivity contribution in [2.24, 2.45) is 0 Å². The van der Waals surface area contributed by atoms with Gasteiger partial charge < -0.3 is 24.4 Å². The summed E-state index contributed by atoms with van der Waals surface area (Å²) in [6.07, 6.45) is 0.687. The number of carbonyl (C=O) groups is 2. The van der Waals surface area contributed by atoms with Gasteiger partial charge in [-0.05, 0) is 68.3 Å². The van der Waals surface area contributed by atoms with Gasteiger partial charge >= 0.3 is 0 Å². The van der Waals surface area contributed by atoms with E-state index in [0.717, 1.165) is 4.31 Å². The number of hydrogen-bond acceptors (Lipinski definition) is 7. The number of sulfonamides is 1. The van der Waals surface area contributed by atoms with E-state index in [0.29, 0.717) is 22.8 Å². The van der Waals surface area contributed by atoms with E-state index < -0.39 is 28.5 Å². The molecule has 0 aliphatic heterocycles. The fourth-order valence-electron chi connectivity index (χ4n) is 4.36. The number of carbonyl (C=O) groups excluding carboxylic acids is 2. The number of methoxy groups -OCH3 is 3. The standard InChI is InChI=1S/C31H37Cl2N3O7S/c1-7-20(2)34-31(38)21(3)35(18-22-9-8-10-23(32)15-22)30(37)19-36(26-16-24(33)11-13-27(26)41-4)44(39,40)25-12-14-28(42-5)29(17-25)43-6/h8-17,20-21H,7,18-19H2,1-6H3,(H,34,38). The van der Waals surface area contributed by atoms with Crippen LogP contribution >= 0.6 is 23.2 Å². The summed E-state index contributed by atoms with van der Waals surface area (Å²) in [5.74, 6) is -0.374. The van der Waals surface area contributed by atoms with Crippen molar-refractivity contribution in [1.82, 2.24) is 10.2 Å². The van der Waals surface area contributed by atoms with E-state index in [2.05, 4.69) is 5.32 Å². The monoisotopic (exact) mass is 665 g/mol. The molecule has 0 bridgehead atoms. The Hall–Kier alpha value is -3.67. The molecule has 2 amide bonds. The van der Waals surface area contributed by atoms with E-state index in [1.807, 2.05) is 13.8 Å². The molecular formula is C31H37Cl2N3O7S. The zero-order valence-electron chi connectivity index (χ0n) is 25.5. The van der Waals surface area contributed by atoms with Crippen molar-refractivity contribution in [2.75, 3.05) is 32.2 Å². The Kier molecular flexibility index (Phi) is 12.2. The van der Waals surface area contributed by atoms with Crippen LogP contribution in [0.1, 0.15) is 32.8 Å². The molecule has 13 heteroatoms. The van der Waals surface area contributed by atoms with E-state index in [-0.39, 0.29) is 45.6 Å². The molecule has 10 nitrogen and oxygen atoms in total. The number of rotatable bonds is 14. The molecule has 3 aromatic rings. The quantitative estimate of drug-likeness (QED) is 0.240. The lowest BCUT2D eigenvalue weighted by Gasteiger charge is -2.33. The van der Waals surface area contributed by atoms with Crippen LogP contribution in [0, 0.1) is 0 Å². The maximum absolute atomic E-state index is 14.3. The van der Waals surface area contributed by atoms with Crippen LogP contribution in [0.3, 0.4) is 0 Å². The molecule has 2 unspecified atom stereocenters. The highest BCUT2D eigenvalue weighted by Gasteiger charge is 2.34. The lowest BCUT2D eigenvalue weighted by atomic mass is 10.1. The highest BCUT2D eigenvalue weighted by atomic mass is 35.5. The summed E-state index contributed by atoms with van der Waals surface area (Å²) < 4.78 is 45.6. The van der Waals surface area contributed by atoms with Crippen LogP contribution < -0.4 is 23.8 Å². The maximum Gasteiger partial charge on any atom is 0.265 e. The molecule has 0 aliphatic carbocycles. The molecule has 1 N–H and O–H groups in total. The molecule has 0 saturated heterocycles. The van der Waals surface area contributed by atoms with E-state index >= 15 is 0 Å². The summed E-state index contributed by atoms with van der Waals surface area (Å²) in [4.78, 5) is 28.6. The molecular weight excluding hydrogens is 629 g/mol. The third kappa shape index (κ3) is 8.28. The summed E-state index contributed by atoms with van der Waals surface area (Å²) in [6, 6.07) is 14.3. The molecule has 0 fully saturated rings. The number of nitrogens with zero attached hydrogens (tertiary/aromatic N) is 2. The zero-order chi connectivity index (χ0) is 32.6. The van der Waals surface area contributed by atoms with Crippen molar-refractivity contribution in [3.05, 3.63) is 76.3 Å². The van der Waals surface area contributed by atoms with Gasteiger partial charge in [-0.2, -0.15) is 0 Å². The average Bonchev–Trinajstić information content (AvgIpc) is 3.01. The Morgan fingerprint density at radius 1 is 0.864 bits per heavy atom. The fraction of sp³-hybridized carbons (Fsp3) is 0.355. The second kappa shape index (κ2) is 15.4. The predicted octanol–water partition coefficient (Wildman–Crippen LogP) is 5.55. The lowest BCUT2D eigenvalue weighted by Crippen LogP contribution is -2.52. The van der Waals surface area contributed by atoms with Crippen LogP contribution in [0.2, 0.25) is 10.0 Å². The summed E-state index contributed by atoms with van der Waals surface area (Å²) in [7, 11) is -0.255. The second-order valence-corrected chi connectivity index (χ2v) is 12.7. The number of hydrogen-bond donors (Lipinski definition) is 1.